The number of carbonyl (C=O) groups is 1. The molecule has 1 N–H and O–H groups in total. The second-order valence-corrected chi connectivity index (χ2v) is 6.75. The summed E-state index contributed by atoms with van der Waals surface area (Å²) >= 11 is 5.80. The second kappa shape index (κ2) is 6.37. The lowest BCUT2D eigenvalue weighted by molar-refractivity contribution is 0.0886. The number of amides is 1. The van der Waals surface area contributed by atoms with Gasteiger partial charge in [-0.25, -0.2) is 0 Å². The maximum Gasteiger partial charge on any atom is 0.251 e. The summed E-state index contributed by atoms with van der Waals surface area (Å²) in [5.41, 5.74) is 0.712. The van der Waals surface area contributed by atoms with E-state index in [1.54, 1.807) is 0 Å². The quantitative estimate of drug-likeness (QED) is 0.577. The number of nitrogens with one attached hydrogen (secondary N) is 1. The molecule has 1 aliphatic carbocycles. The molecule has 0 bridgehead atoms. The predicted octanol–water partition coefficient (Wildman–Crippen LogP) is 4.12. The Labute approximate surface area is 130 Å². The first kappa shape index (κ1) is 14.3. The van der Waals surface area contributed by atoms with Gasteiger partial charge in [-0.05, 0) is 53.6 Å². The van der Waals surface area contributed by atoms with E-state index in [-0.39, 0.29) is 11.4 Å². The van der Waals surface area contributed by atoms with Gasteiger partial charge in [-0.3, -0.25) is 4.79 Å². The average Bonchev–Trinajstić information content (AvgIpc) is 2.40. The Balaban J connectivity index is 2.10. The molecule has 2 rings (SSSR count). The van der Waals surface area contributed by atoms with Crippen molar-refractivity contribution < 1.29 is 4.79 Å². The average molecular weight is 422 g/mol. The molecule has 2 nitrogen and oxygen atoms in total. The number of hydrogen-bond donors (Lipinski definition) is 1. The fraction of sp³-hybridized carbons (Fsp3) is 0.500. The first-order valence-electron chi connectivity index (χ1n) is 6.29. The van der Waals surface area contributed by atoms with E-state index in [9.17, 15) is 4.79 Å². The van der Waals surface area contributed by atoms with E-state index in [4.69, 9.17) is 0 Å². The largest absolute Gasteiger partial charge is 0.346 e. The van der Waals surface area contributed by atoms with Crippen LogP contribution in [0.3, 0.4) is 0 Å². The van der Waals surface area contributed by atoms with Gasteiger partial charge in [-0.15, -0.1) is 0 Å². The van der Waals surface area contributed by atoms with Crippen LogP contribution in [0.1, 0.15) is 42.5 Å². The van der Waals surface area contributed by atoms with Gasteiger partial charge in [0.2, 0.25) is 0 Å². The van der Waals surface area contributed by atoms with Gasteiger partial charge >= 0.3 is 0 Å². The minimum absolute atomic E-state index is 0.0450. The van der Waals surface area contributed by atoms with Crippen LogP contribution in [-0.4, -0.2) is 16.8 Å². The van der Waals surface area contributed by atoms with Crippen molar-refractivity contribution in [1.82, 2.24) is 5.32 Å². The third kappa shape index (κ3) is 3.47. The minimum atomic E-state index is -0.0450. The molecule has 1 amide bonds. The molecule has 1 aromatic carbocycles. The number of alkyl halides is 1. The molecule has 18 heavy (non-hydrogen) atoms. The molecule has 0 radical (unpaired) electrons. The molecule has 1 aliphatic rings. The highest BCUT2D eigenvalue weighted by Crippen LogP contribution is 2.30. The number of carbonyl (C=O) groups excluding carboxylic acids is 1. The minimum Gasteiger partial charge on any atom is -0.346 e. The summed E-state index contributed by atoms with van der Waals surface area (Å²) in [7, 11) is 0. The molecular formula is C14H17BrINO. The van der Waals surface area contributed by atoms with Crippen molar-refractivity contribution in [2.24, 2.45) is 0 Å². The Kier molecular flexibility index (Phi) is 5.06. The van der Waals surface area contributed by atoms with Crippen LogP contribution in [0.4, 0.5) is 0 Å². The first-order chi connectivity index (χ1) is 8.65. The van der Waals surface area contributed by atoms with Crippen LogP contribution in [0.2, 0.25) is 0 Å². The molecular weight excluding hydrogens is 405 g/mol. The van der Waals surface area contributed by atoms with E-state index < -0.39 is 0 Å². The first-order valence-corrected chi connectivity index (χ1v) is 8.49. The summed E-state index contributed by atoms with van der Waals surface area (Å²) in [5.74, 6) is 0.0508. The molecule has 1 fully saturated rings. The molecule has 1 saturated carbocycles. The molecule has 0 aliphatic heterocycles. The summed E-state index contributed by atoms with van der Waals surface area (Å²) in [6.45, 7) is 0. The van der Waals surface area contributed by atoms with Crippen LogP contribution in [0, 0.1) is 3.57 Å². The zero-order chi connectivity index (χ0) is 13.0. The lowest BCUT2D eigenvalue weighted by Crippen LogP contribution is -2.51. The van der Waals surface area contributed by atoms with E-state index in [2.05, 4.69) is 43.8 Å². The van der Waals surface area contributed by atoms with Crippen molar-refractivity contribution in [2.75, 3.05) is 5.33 Å². The second-order valence-electron chi connectivity index (χ2n) is 4.94. The highest BCUT2D eigenvalue weighted by Gasteiger charge is 2.32. The zero-order valence-electron chi connectivity index (χ0n) is 10.2. The number of hydrogen-bond acceptors (Lipinski definition) is 1. The smallest absolute Gasteiger partial charge is 0.251 e. The summed E-state index contributed by atoms with van der Waals surface area (Å²) in [6.07, 6.45) is 5.85. The molecule has 0 aromatic heterocycles. The summed E-state index contributed by atoms with van der Waals surface area (Å²) in [5, 5.41) is 4.08. The van der Waals surface area contributed by atoms with Gasteiger partial charge in [0.1, 0.15) is 0 Å². The Hall–Kier alpha value is -0.100. The van der Waals surface area contributed by atoms with E-state index in [1.165, 1.54) is 19.3 Å². The topological polar surface area (TPSA) is 29.1 Å². The highest BCUT2D eigenvalue weighted by molar-refractivity contribution is 14.1. The third-order valence-electron chi connectivity index (χ3n) is 3.53. The highest BCUT2D eigenvalue weighted by atomic mass is 127. The lowest BCUT2D eigenvalue weighted by atomic mass is 9.83. The molecule has 0 saturated heterocycles. The summed E-state index contributed by atoms with van der Waals surface area (Å²) in [4.78, 5) is 12.3. The fourth-order valence-electron chi connectivity index (χ4n) is 2.46. The van der Waals surface area contributed by atoms with Crippen molar-refractivity contribution in [3.05, 3.63) is 33.4 Å². The zero-order valence-corrected chi connectivity index (χ0v) is 14.0. The maximum atomic E-state index is 12.3. The van der Waals surface area contributed by atoms with Crippen LogP contribution < -0.4 is 5.32 Å². The van der Waals surface area contributed by atoms with E-state index in [1.807, 2.05) is 24.3 Å². The van der Waals surface area contributed by atoms with Gasteiger partial charge in [0, 0.05) is 14.5 Å². The van der Waals surface area contributed by atoms with Crippen molar-refractivity contribution in [2.45, 2.75) is 37.6 Å². The van der Waals surface area contributed by atoms with Crippen molar-refractivity contribution in [1.29, 1.82) is 0 Å². The third-order valence-corrected chi connectivity index (χ3v) is 5.28. The van der Waals surface area contributed by atoms with E-state index in [0.29, 0.717) is 0 Å². The number of rotatable bonds is 3. The standard InChI is InChI=1S/C14H17BrINO/c15-10-14(7-2-1-3-8-14)17-13(18)11-5-4-6-12(16)9-11/h4-6,9H,1-3,7-8,10H2,(H,17,18). The van der Waals surface area contributed by atoms with Crippen LogP contribution in [0.25, 0.3) is 0 Å². The van der Waals surface area contributed by atoms with Crippen LogP contribution in [0.5, 0.6) is 0 Å². The Morgan fingerprint density at radius 1 is 1.33 bits per heavy atom. The monoisotopic (exact) mass is 421 g/mol. The Morgan fingerprint density at radius 3 is 2.67 bits per heavy atom. The van der Waals surface area contributed by atoms with Crippen molar-refractivity contribution >= 4 is 44.4 Å². The normalized spacial score (nSPS) is 18.3. The molecule has 0 heterocycles. The molecule has 98 valence electrons. The van der Waals surface area contributed by atoms with Gasteiger partial charge in [-0.2, -0.15) is 0 Å². The number of benzene rings is 1. The molecule has 1 aromatic rings. The van der Waals surface area contributed by atoms with Crippen LogP contribution in [0.15, 0.2) is 24.3 Å². The van der Waals surface area contributed by atoms with Gasteiger partial charge in [0.15, 0.2) is 0 Å². The summed E-state index contributed by atoms with van der Waals surface area (Å²) < 4.78 is 1.09. The molecule has 4 heteroatoms. The Bertz CT molecular complexity index is 430. The van der Waals surface area contributed by atoms with Crippen molar-refractivity contribution in [3.8, 4) is 0 Å². The predicted molar refractivity (Wildman–Crippen MR) is 86.2 cm³/mol. The van der Waals surface area contributed by atoms with Crippen molar-refractivity contribution in [3.63, 3.8) is 0 Å². The van der Waals surface area contributed by atoms with Gasteiger partial charge < -0.3 is 5.32 Å². The van der Waals surface area contributed by atoms with E-state index >= 15 is 0 Å². The fourth-order valence-corrected chi connectivity index (χ4v) is 3.71. The SMILES string of the molecule is O=C(NC1(CBr)CCCCC1)c1cccc(I)c1. The maximum absolute atomic E-state index is 12.3. The van der Waals surface area contributed by atoms with E-state index in [0.717, 1.165) is 27.3 Å². The molecule has 0 unspecified atom stereocenters. The van der Waals surface area contributed by atoms with Gasteiger partial charge in [-0.1, -0.05) is 41.3 Å². The number of halogens is 2. The van der Waals surface area contributed by atoms with Gasteiger partial charge in [0.25, 0.3) is 5.91 Å². The lowest BCUT2D eigenvalue weighted by Gasteiger charge is -2.36. The summed E-state index contributed by atoms with van der Waals surface area (Å²) in [6, 6.07) is 7.74. The van der Waals surface area contributed by atoms with Crippen LogP contribution in [-0.2, 0) is 0 Å². The Morgan fingerprint density at radius 2 is 2.06 bits per heavy atom. The van der Waals surface area contributed by atoms with Gasteiger partial charge in [0.05, 0.1) is 5.54 Å². The van der Waals surface area contributed by atoms with Crippen LogP contribution >= 0.6 is 38.5 Å². The molecule has 0 spiro atoms. The molecule has 0 atom stereocenters.